The molecule has 0 N–H and O–H groups in total. The van der Waals surface area contributed by atoms with Crippen LogP contribution < -0.4 is 0 Å². The molecule has 20 heavy (non-hydrogen) atoms. The van der Waals surface area contributed by atoms with Crippen LogP contribution in [0.4, 0.5) is 5.69 Å². The largest absolute Gasteiger partial charge is 0.463 e. The van der Waals surface area contributed by atoms with E-state index in [1.54, 1.807) is 19.9 Å². The van der Waals surface area contributed by atoms with Gasteiger partial charge in [0.25, 0.3) is 5.69 Å². The Morgan fingerprint density at radius 2 is 2.15 bits per heavy atom. The number of allylic oxidation sites excluding steroid dienone is 1. The van der Waals surface area contributed by atoms with Crippen LogP contribution >= 0.6 is 0 Å². The number of ether oxygens (including phenoxy) is 1. The zero-order chi connectivity index (χ0) is 15.1. The van der Waals surface area contributed by atoms with Crippen molar-refractivity contribution in [1.29, 1.82) is 0 Å². The number of esters is 1. The predicted molar refractivity (Wildman–Crippen MR) is 77.4 cm³/mol. The zero-order valence-electron chi connectivity index (χ0n) is 12.0. The first-order valence-corrected chi connectivity index (χ1v) is 6.56. The zero-order valence-corrected chi connectivity index (χ0v) is 12.0. The molecule has 0 aliphatic heterocycles. The number of nitrogens with zero attached hydrogens (tertiary/aromatic N) is 1. The summed E-state index contributed by atoms with van der Waals surface area (Å²) in [5.74, 6) is -0.381. The van der Waals surface area contributed by atoms with Crippen LogP contribution in [0.3, 0.4) is 0 Å². The molecule has 0 atom stereocenters. The van der Waals surface area contributed by atoms with Crippen molar-refractivity contribution in [3.8, 4) is 0 Å². The maximum Gasteiger partial charge on any atom is 0.331 e. The van der Waals surface area contributed by atoms with Crippen molar-refractivity contribution in [2.24, 2.45) is 0 Å². The van der Waals surface area contributed by atoms with E-state index in [0.29, 0.717) is 6.61 Å². The smallest absolute Gasteiger partial charge is 0.331 e. The predicted octanol–water partition coefficient (Wildman–Crippen LogP) is 3.65. The quantitative estimate of drug-likeness (QED) is 0.262. The summed E-state index contributed by atoms with van der Waals surface area (Å²) >= 11 is 0. The molecule has 0 aliphatic carbocycles. The minimum atomic E-state index is -0.436. The Morgan fingerprint density at radius 3 is 2.70 bits per heavy atom. The Hall–Kier alpha value is -2.17. The number of nitro benzene ring substituents is 1. The molecule has 0 spiro atoms. The molecule has 0 saturated heterocycles. The molecule has 108 valence electrons. The number of benzene rings is 1. The standard InChI is InChI=1S/C15H19NO4/c1-4-5-8-20-15(17)10-12(3)14-7-6-13(16(18)19)9-11(14)2/h6-7,9-10H,4-5,8H2,1-3H3/b12-10+. The average Bonchev–Trinajstić information content (AvgIpc) is 2.38. The van der Waals surface area contributed by atoms with E-state index in [1.807, 2.05) is 6.92 Å². The monoisotopic (exact) mass is 277 g/mol. The summed E-state index contributed by atoms with van der Waals surface area (Å²) in [5.41, 5.74) is 2.35. The van der Waals surface area contributed by atoms with Crippen molar-refractivity contribution in [1.82, 2.24) is 0 Å². The SMILES string of the molecule is CCCCOC(=O)/C=C(\C)c1ccc([N+](=O)[O-])cc1C. The van der Waals surface area contributed by atoms with Crippen LogP contribution in [-0.2, 0) is 9.53 Å². The van der Waals surface area contributed by atoms with E-state index in [-0.39, 0.29) is 11.7 Å². The third kappa shape index (κ3) is 4.50. The fourth-order valence-corrected chi connectivity index (χ4v) is 1.82. The lowest BCUT2D eigenvalue weighted by atomic mass is 10.0. The Labute approximate surface area is 118 Å². The van der Waals surface area contributed by atoms with Gasteiger partial charge >= 0.3 is 5.97 Å². The highest BCUT2D eigenvalue weighted by Gasteiger charge is 2.10. The Morgan fingerprint density at radius 1 is 1.45 bits per heavy atom. The van der Waals surface area contributed by atoms with Gasteiger partial charge in [-0.2, -0.15) is 0 Å². The molecule has 0 unspecified atom stereocenters. The van der Waals surface area contributed by atoms with Crippen molar-refractivity contribution in [3.05, 3.63) is 45.5 Å². The van der Waals surface area contributed by atoms with Crippen molar-refractivity contribution in [3.63, 3.8) is 0 Å². The molecule has 5 heteroatoms. The molecular formula is C15H19NO4. The first-order chi connectivity index (χ1) is 9.45. The van der Waals surface area contributed by atoms with Crippen LogP contribution in [0.15, 0.2) is 24.3 Å². The maximum absolute atomic E-state index is 11.6. The molecule has 0 bridgehead atoms. The average molecular weight is 277 g/mol. The number of carbonyl (C=O) groups excluding carboxylic acids is 1. The summed E-state index contributed by atoms with van der Waals surface area (Å²) < 4.78 is 5.05. The summed E-state index contributed by atoms with van der Waals surface area (Å²) in [5, 5.41) is 10.7. The van der Waals surface area contributed by atoms with Crippen LogP contribution in [0, 0.1) is 17.0 Å². The topological polar surface area (TPSA) is 69.4 Å². The van der Waals surface area contributed by atoms with Crippen molar-refractivity contribution >= 4 is 17.2 Å². The molecule has 0 saturated carbocycles. The lowest BCUT2D eigenvalue weighted by Crippen LogP contribution is -2.03. The lowest BCUT2D eigenvalue weighted by molar-refractivity contribution is -0.384. The van der Waals surface area contributed by atoms with Crippen LogP contribution in [0.25, 0.3) is 5.57 Å². The minimum absolute atomic E-state index is 0.0459. The molecular weight excluding hydrogens is 258 g/mol. The molecule has 0 aliphatic rings. The van der Waals surface area contributed by atoms with E-state index in [1.165, 1.54) is 18.2 Å². The number of aryl methyl sites for hydroxylation is 1. The number of nitro groups is 1. The highest BCUT2D eigenvalue weighted by atomic mass is 16.6. The first-order valence-electron chi connectivity index (χ1n) is 6.56. The van der Waals surface area contributed by atoms with Gasteiger partial charge in [0.15, 0.2) is 0 Å². The van der Waals surface area contributed by atoms with E-state index in [2.05, 4.69) is 0 Å². The van der Waals surface area contributed by atoms with Gasteiger partial charge in [-0.3, -0.25) is 10.1 Å². The molecule has 0 amide bonds. The summed E-state index contributed by atoms with van der Waals surface area (Å²) in [6.07, 6.45) is 3.23. The highest BCUT2D eigenvalue weighted by Crippen LogP contribution is 2.23. The number of unbranched alkanes of at least 4 members (excludes halogenated alkanes) is 1. The number of hydrogen-bond acceptors (Lipinski definition) is 4. The van der Waals surface area contributed by atoms with Crippen molar-refractivity contribution < 1.29 is 14.5 Å². The second-order valence-corrected chi connectivity index (χ2v) is 4.60. The molecule has 1 aromatic carbocycles. The van der Waals surface area contributed by atoms with Gasteiger partial charge in [-0.15, -0.1) is 0 Å². The van der Waals surface area contributed by atoms with E-state index in [4.69, 9.17) is 4.74 Å². The summed E-state index contributed by atoms with van der Waals surface area (Å²) in [6.45, 7) is 6.00. The molecule has 1 aromatic rings. The van der Waals surface area contributed by atoms with Gasteiger partial charge in [0.1, 0.15) is 0 Å². The molecule has 0 fully saturated rings. The summed E-state index contributed by atoms with van der Waals surface area (Å²) in [7, 11) is 0. The van der Waals surface area contributed by atoms with Crippen LogP contribution in [0.5, 0.6) is 0 Å². The van der Waals surface area contributed by atoms with E-state index >= 15 is 0 Å². The Kier molecular flexibility index (Phi) is 5.90. The molecule has 0 aromatic heterocycles. The van der Waals surface area contributed by atoms with Crippen LogP contribution in [-0.4, -0.2) is 17.5 Å². The molecule has 0 heterocycles. The summed E-state index contributed by atoms with van der Waals surface area (Å²) in [6, 6.07) is 4.58. The van der Waals surface area contributed by atoms with Gasteiger partial charge < -0.3 is 4.74 Å². The van der Waals surface area contributed by atoms with E-state index < -0.39 is 4.92 Å². The van der Waals surface area contributed by atoms with Gasteiger partial charge in [-0.25, -0.2) is 4.79 Å². The number of non-ortho nitro benzene ring substituents is 1. The highest BCUT2D eigenvalue weighted by molar-refractivity contribution is 5.91. The maximum atomic E-state index is 11.6. The Bertz CT molecular complexity index is 535. The van der Waals surface area contributed by atoms with Crippen molar-refractivity contribution in [2.45, 2.75) is 33.6 Å². The van der Waals surface area contributed by atoms with Crippen LogP contribution in [0.2, 0.25) is 0 Å². The van der Waals surface area contributed by atoms with Gasteiger partial charge in [0, 0.05) is 18.2 Å². The van der Waals surface area contributed by atoms with Gasteiger partial charge in [0.2, 0.25) is 0 Å². The normalized spacial score (nSPS) is 11.2. The molecule has 0 radical (unpaired) electrons. The number of carbonyl (C=O) groups is 1. The third-order valence-electron chi connectivity index (χ3n) is 2.92. The van der Waals surface area contributed by atoms with Crippen molar-refractivity contribution in [2.75, 3.05) is 6.61 Å². The third-order valence-corrected chi connectivity index (χ3v) is 2.92. The second-order valence-electron chi connectivity index (χ2n) is 4.60. The Balaban J connectivity index is 2.83. The van der Waals surface area contributed by atoms with Gasteiger partial charge in [0.05, 0.1) is 11.5 Å². The molecule has 1 rings (SSSR count). The second kappa shape index (κ2) is 7.43. The fourth-order valence-electron chi connectivity index (χ4n) is 1.82. The van der Waals surface area contributed by atoms with Gasteiger partial charge in [-0.05, 0) is 43.0 Å². The first kappa shape index (κ1) is 15.9. The minimum Gasteiger partial charge on any atom is -0.463 e. The summed E-state index contributed by atoms with van der Waals surface area (Å²) in [4.78, 5) is 21.8. The van der Waals surface area contributed by atoms with Crippen LogP contribution in [0.1, 0.15) is 37.8 Å². The fraction of sp³-hybridized carbons (Fsp3) is 0.400. The van der Waals surface area contributed by atoms with Gasteiger partial charge in [-0.1, -0.05) is 13.3 Å². The number of hydrogen-bond donors (Lipinski definition) is 0. The number of rotatable bonds is 6. The van der Waals surface area contributed by atoms with E-state index in [9.17, 15) is 14.9 Å². The molecule has 5 nitrogen and oxygen atoms in total. The lowest BCUT2D eigenvalue weighted by Gasteiger charge is -2.06. The van der Waals surface area contributed by atoms with E-state index in [0.717, 1.165) is 29.5 Å².